The second-order valence-corrected chi connectivity index (χ2v) is 11.1. The van der Waals surface area contributed by atoms with Crippen molar-refractivity contribution < 1.29 is 19.0 Å². The van der Waals surface area contributed by atoms with Gasteiger partial charge >= 0.3 is 0 Å². The monoisotopic (exact) mass is 506 g/mol. The average molecular weight is 507 g/mol. The molecule has 190 valence electrons. The molecule has 0 radical (unpaired) electrons. The zero-order chi connectivity index (χ0) is 25.9. The van der Waals surface area contributed by atoms with Crippen LogP contribution in [0, 0.1) is 11.3 Å². The van der Waals surface area contributed by atoms with Gasteiger partial charge in [-0.25, -0.2) is 4.99 Å². The SMILES string of the molecule is COc1ccc(C=Nc2sc3c(c2C(=O)Nc2ccc(OC)cc2OC)CCC(C(C)(C)C)C3)cc1. The lowest BCUT2D eigenvalue weighted by Crippen LogP contribution is -2.27. The molecule has 36 heavy (non-hydrogen) atoms. The quantitative estimate of drug-likeness (QED) is 0.353. The molecule has 3 aromatic rings. The number of benzene rings is 2. The molecule has 0 aliphatic heterocycles. The van der Waals surface area contributed by atoms with Crippen LogP contribution in [0.3, 0.4) is 0 Å². The van der Waals surface area contributed by atoms with Crippen molar-refractivity contribution in [3.8, 4) is 17.2 Å². The molecule has 1 atom stereocenters. The van der Waals surface area contributed by atoms with Gasteiger partial charge in [0.1, 0.15) is 22.2 Å². The van der Waals surface area contributed by atoms with E-state index in [0.29, 0.717) is 28.7 Å². The van der Waals surface area contributed by atoms with Crippen LogP contribution in [0.2, 0.25) is 0 Å². The van der Waals surface area contributed by atoms with Crippen LogP contribution in [0.5, 0.6) is 17.2 Å². The smallest absolute Gasteiger partial charge is 0.259 e. The first-order valence-electron chi connectivity index (χ1n) is 12.1. The number of nitrogens with one attached hydrogen (secondary N) is 1. The number of methoxy groups -OCH3 is 3. The zero-order valence-corrected chi connectivity index (χ0v) is 22.6. The van der Waals surface area contributed by atoms with Crippen LogP contribution in [-0.4, -0.2) is 33.5 Å². The molecule has 1 aliphatic rings. The summed E-state index contributed by atoms with van der Waals surface area (Å²) >= 11 is 1.63. The third-order valence-electron chi connectivity index (χ3n) is 6.80. The number of hydrogen-bond acceptors (Lipinski definition) is 6. The molecule has 1 unspecified atom stereocenters. The fraction of sp³-hybridized carbons (Fsp3) is 0.379. The molecule has 0 bridgehead atoms. The minimum absolute atomic E-state index is 0.174. The van der Waals surface area contributed by atoms with Crippen LogP contribution in [0.15, 0.2) is 47.5 Å². The number of hydrogen-bond donors (Lipinski definition) is 1. The van der Waals surface area contributed by atoms with Crippen molar-refractivity contribution in [2.45, 2.75) is 40.0 Å². The van der Waals surface area contributed by atoms with Gasteiger partial charge in [-0.15, -0.1) is 11.3 Å². The lowest BCUT2D eigenvalue weighted by atomic mass is 9.72. The fourth-order valence-corrected chi connectivity index (χ4v) is 5.81. The number of ether oxygens (including phenoxy) is 3. The predicted molar refractivity (Wildman–Crippen MR) is 147 cm³/mol. The first kappa shape index (κ1) is 25.8. The van der Waals surface area contributed by atoms with E-state index in [1.807, 2.05) is 30.5 Å². The Morgan fingerprint density at radius 1 is 1.03 bits per heavy atom. The number of amides is 1. The van der Waals surface area contributed by atoms with Gasteiger partial charge in [-0.05, 0) is 78.1 Å². The summed E-state index contributed by atoms with van der Waals surface area (Å²) in [6.45, 7) is 6.88. The molecule has 1 aliphatic carbocycles. The number of fused-ring (bicyclic) bond motifs is 1. The van der Waals surface area contributed by atoms with Gasteiger partial charge in [0, 0.05) is 17.2 Å². The molecular formula is C29H34N2O4S. The van der Waals surface area contributed by atoms with E-state index in [1.54, 1.807) is 50.9 Å². The van der Waals surface area contributed by atoms with Crippen molar-refractivity contribution in [1.29, 1.82) is 0 Å². The van der Waals surface area contributed by atoms with Crippen molar-refractivity contribution in [3.63, 3.8) is 0 Å². The van der Waals surface area contributed by atoms with Gasteiger partial charge < -0.3 is 19.5 Å². The highest BCUT2D eigenvalue weighted by Crippen LogP contribution is 2.45. The van der Waals surface area contributed by atoms with E-state index >= 15 is 0 Å². The first-order valence-corrected chi connectivity index (χ1v) is 12.9. The maximum Gasteiger partial charge on any atom is 0.259 e. The molecule has 1 amide bonds. The van der Waals surface area contributed by atoms with Crippen molar-refractivity contribution >= 4 is 34.1 Å². The highest BCUT2D eigenvalue weighted by molar-refractivity contribution is 7.16. The number of aliphatic imine (C=N–C) groups is 1. The van der Waals surface area contributed by atoms with Crippen LogP contribution in [-0.2, 0) is 12.8 Å². The maximum absolute atomic E-state index is 13.7. The lowest BCUT2D eigenvalue weighted by molar-refractivity contribution is 0.102. The van der Waals surface area contributed by atoms with E-state index in [9.17, 15) is 4.79 Å². The molecule has 2 aromatic carbocycles. The van der Waals surface area contributed by atoms with Gasteiger partial charge in [0.05, 0.1) is 32.6 Å². The number of nitrogens with zero attached hydrogens (tertiary/aromatic N) is 1. The molecule has 1 N–H and O–H groups in total. The van der Waals surface area contributed by atoms with E-state index in [2.05, 4.69) is 26.1 Å². The summed E-state index contributed by atoms with van der Waals surface area (Å²) < 4.78 is 16.0. The lowest BCUT2D eigenvalue weighted by Gasteiger charge is -2.33. The molecule has 1 heterocycles. The fourth-order valence-electron chi connectivity index (χ4n) is 4.55. The Labute approximate surface area is 217 Å². The number of carbonyl (C=O) groups is 1. The third-order valence-corrected chi connectivity index (χ3v) is 7.96. The standard InChI is InChI=1S/C29H34N2O4S/c1-29(2,3)19-9-13-22-25(15-19)36-28(30-17-18-7-10-20(33-4)11-8-18)26(22)27(32)31-23-14-12-21(34-5)16-24(23)35-6/h7-8,10-12,14,16-17,19H,9,13,15H2,1-6H3,(H,31,32). The highest BCUT2D eigenvalue weighted by atomic mass is 32.1. The van der Waals surface area contributed by atoms with E-state index in [-0.39, 0.29) is 11.3 Å². The van der Waals surface area contributed by atoms with Gasteiger partial charge in [0.15, 0.2) is 0 Å². The van der Waals surface area contributed by atoms with Crippen molar-refractivity contribution in [1.82, 2.24) is 0 Å². The normalized spacial score (nSPS) is 15.4. The van der Waals surface area contributed by atoms with Crippen molar-refractivity contribution in [3.05, 3.63) is 64.0 Å². The number of rotatable bonds is 7. The van der Waals surface area contributed by atoms with Gasteiger partial charge in [0.2, 0.25) is 0 Å². The molecule has 0 saturated heterocycles. The van der Waals surface area contributed by atoms with E-state index in [1.165, 1.54) is 4.88 Å². The largest absolute Gasteiger partial charge is 0.497 e. The second kappa shape index (κ2) is 10.7. The Morgan fingerprint density at radius 2 is 1.72 bits per heavy atom. The maximum atomic E-state index is 13.7. The Hall–Kier alpha value is -3.32. The molecule has 7 heteroatoms. The van der Waals surface area contributed by atoms with Crippen molar-refractivity contribution in [2.75, 3.05) is 26.6 Å². The topological polar surface area (TPSA) is 69.2 Å². The Morgan fingerprint density at radius 3 is 2.36 bits per heavy atom. The summed E-state index contributed by atoms with van der Waals surface area (Å²) in [6, 6.07) is 13.1. The Bertz CT molecular complexity index is 1260. The van der Waals surface area contributed by atoms with Gasteiger partial charge in [-0.3, -0.25) is 4.79 Å². The molecule has 0 saturated carbocycles. The molecule has 0 spiro atoms. The van der Waals surface area contributed by atoms with Crippen molar-refractivity contribution in [2.24, 2.45) is 16.3 Å². The molecular weight excluding hydrogens is 472 g/mol. The van der Waals surface area contributed by atoms with E-state index in [4.69, 9.17) is 19.2 Å². The summed E-state index contributed by atoms with van der Waals surface area (Å²) in [4.78, 5) is 19.7. The van der Waals surface area contributed by atoms with Crippen LogP contribution < -0.4 is 19.5 Å². The van der Waals surface area contributed by atoms with Crippen LogP contribution in [0.25, 0.3) is 0 Å². The third kappa shape index (κ3) is 5.57. The van der Waals surface area contributed by atoms with Gasteiger partial charge in [-0.1, -0.05) is 20.8 Å². The van der Waals surface area contributed by atoms with Gasteiger partial charge in [0.25, 0.3) is 5.91 Å². The van der Waals surface area contributed by atoms with E-state index in [0.717, 1.165) is 41.1 Å². The number of anilines is 1. The Kier molecular flexibility index (Phi) is 7.69. The molecule has 0 fully saturated rings. The van der Waals surface area contributed by atoms with Crippen LogP contribution >= 0.6 is 11.3 Å². The predicted octanol–water partition coefficient (Wildman–Crippen LogP) is 6.93. The average Bonchev–Trinajstić information content (AvgIpc) is 3.25. The first-order chi connectivity index (χ1) is 17.2. The highest BCUT2D eigenvalue weighted by Gasteiger charge is 2.33. The summed E-state index contributed by atoms with van der Waals surface area (Å²) in [7, 11) is 4.82. The summed E-state index contributed by atoms with van der Waals surface area (Å²) in [6.07, 6.45) is 4.70. The van der Waals surface area contributed by atoms with Crippen LogP contribution in [0.4, 0.5) is 10.7 Å². The number of thiophene rings is 1. The minimum atomic E-state index is -0.174. The Balaban J connectivity index is 1.70. The molecule has 6 nitrogen and oxygen atoms in total. The summed E-state index contributed by atoms with van der Waals surface area (Å²) in [5, 5.41) is 3.79. The van der Waals surface area contributed by atoms with E-state index < -0.39 is 0 Å². The van der Waals surface area contributed by atoms with Crippen LogP contribution in [0.1, 0.15) is 53.6 Å². The van der Waals surface area contributed by atoms with Gasteiger partial charge in [-0.2, -0.15) is 0 Å². The zero-order valence-electron chi connectivity index (χ0n) is 21.8. The molecule has 4 rings (SSSR count). The minimum Gasteiger partial charge on any atom is -0.497 e. The molecule has 1 aromatic heterocycles. The number of carbonyl (C=O) groups excluding carboxylic acids is 1. The summed E-state index contributed by atoms with van der Waals surface area (Å²) in [5.74, 6) is 2.39. The summed E-state index contributed by atoms with van der Waals surface area (Å²) in [5.41, 5.74) is 3.53. The second-order valence-electron chi connectivity index (χ2n) is 10.0.